The Morgan fingerprint density at radius 3 is 2.68 bits per heavy atom. The van der Waals surface area contributed by atoms with Gasteiger partial charge in [0, 0.05) is 23.7 Å². The Morgan fingerprint density at radius 1 is 1.26 bits per heavy atom. The normalized spacial score (nSPS) is 22.5. The molecular formula is C27H31ClFNO4. The van der Waals surface area contributed by atoms with Gasteiger partial charge in [-0.3, -0.25) is 0 Å². The molecule has 2 aromatic carbocycles. The molecule has 1 amide bonds. The molecule has 0 spiro atoms. The number of piperidine rings is 1. The summed E-state index contributed by atoms with van der Waals surface area (Å²) in [5.41, 5.74) is -0.420. The van der Waals surface area contributed by atoms with E-state index in [0.29, 0.717) is 42.8 Å². The van der Waals surface area contributed by atoms with E-state index in [4.69, 9.17) is 29.9 Å². The molecular weight excluding hydrogens is 457 g/mol. The number of carbonyl (C=O) groups is 1. The number of hydrogen-bond acceptors (Lipinski definition) is 4. The number of benzene rings is 2. The number of methoxy groups -OCH3 is 1. The lowest BCUT2D eigenvalue weighted by atomic mass is 9.85. The lowest BCUT2D eigenvalue weighted by Crippen LogP contribution is -2.41. The van der Waals surface area contributed by atoms with Crippen molar-refractivity contribution in [2.45, 2.75) is 57.7 Å². The van der Waals surface area contributed by atoms with E-state index in [2.05, 4.69) is 0 Å². The molecule has 1 saturated heterocycles. The van der Waals surface area contributed by atoms with Gasteiger partial charge in [-0.05, 0) is 82.4 Å². The number of para-hydroxylation sites is 1. The van der Waals surface area contributed by atoms with Crippen LogP contribution < -0.4 is 9.47 Å². The molecule has 0 bridgehead atoms. The van der Waals surface area contributed by atoms with Crippen LogP contribution in [-0.4, -0.2) is 36.7 Å². The van der Waals surface area contributed by atoms with Crippen LogP contribution >= 0.6 is 11.6 Å². The maximum atomic E-state index is 15.5. The van der Waals surface area contributed by atoms with Gasteiger partial charge in [0.15, 0.2) is 5.60 Å². The third-order valence-electron chi connectivity index (χ3n) is 6.19. The van der Waals surface area contributed by atoms with Crippen LogP contribution in [0.1, 0.15) is 67.3 Å². The average molecular weight is 491 g/mol. The molecule has 0 aromatic heterocycles. The van der Waals surface area contributed by atoms with E-state index in [1.165, 1.54) is 12.1 Å². The summed E-state index contributed by atoms with van der Waals surface area (Å²) in [6, 6.07) is 9.91. The number of amides is 1. The van der Waals surface area contributed by atoms with Crippen LogP contribution in [0.5, 0.6) is 11.5 Å². The van der Waals surface area contributed by atoms with E-state index in [9.17, 15) is 4.79 Å². The number of nitrogens with zero attached hydrogens (tertiary/aromatic N) is 1. The maximum absolute atomic E-state index is 15.5. The van der Waals surface area contributed by atoms with Crippen molar-refractivity contribution in [3.05, 3.63) is 64.2 Å². The van der Waals surface area contributed by atoms with Crippen LogP contribution in [0.3, 0.4) is 0 Å². The number of hydrogen-bond donors (Lipinski definition) is 0. The molecule has 7 heteroatoms. The van der Waals surface area contributed by atoms with Gasteiger partial charge < -0.3 is 19.1 Å². The van der Waals surface area contributed by atoms with Crippen LogP contribution in [-0.2, 0) is 10.3 Å². The summed E-state index contributed by atoms with van der Waals surface area (Å²) in [5, 5.41) is 0.282. The molecule has 34 heavy (non-hydrogen) atoms. The van der Waals surface area contributed by atoms with Crippen LogP contribution in [0, 0.1) is 0 Å². The molecule has 2 aliphatic heterocycles. The first-order chi connectivity index (χ1) is 17.2. The first kappa shape index (κ1) is 20.6. The number of fused-ring (bicyclic) bond motifs is 1. The summed E-state index contributed by atoms with van der Waals surface area (Å²) in [5.74, 6) is -0.0557. The summed E-state index contributed by atoms with van der Waals surface area (Å²) >= 11 is 6.11. The van der Waals surface area contributed by atoms with Gasteiger partial charge in [-0.2, -0.15) is 0 Å². The van der Waals surface area contributed by atoms with Crippen LogP contribution in [0.2, 0.25) is 5.02 Å². The molecule has 1 unspecified atom stereocenters. The summed E-state index contributed by atoms with van der Waals surface area (Å²) in [6.07, 6.45) is 2.30. The van der Waals surface area contributed by atoms with Crippen LogP contribution in [0.4, 0.5) is 9.18 Å². The number of ether oxygens (including phenoxy) is 3. The highest BCUT2D eigenvalue weighted by molar-refractivity contribution is 6.30. The van der Waals surface area contributed by atoms with Gasteiger partial charge >= 0.3 is 6.09 Å². The van der Waals surface area contributed by atoms with Crippen molar-refractivity contribution in [3.8, 4) is 11.5 Å². The fourth-order valence-corrected chi connectivity index (χ4v) is 4.72. The zero-order valence-corrected chi connectivity index (χ0v) is 20.5. The minimum absolute atomic E-state index is 0.00866. The van der Waals surface area contributed by atoms with Gasteiger partial charge in [-0.1, -0.05) is 23.7 Å². The van der Waals surface area contributed by atoms with Crippen molar-refractivity contribution in [2.24, 2.45) is 0 Å². The highest BCUT2D eigenvalue weighted by atomic mass is 35.5. The van der Waals surface area contributed by atoms with Gasteiger partial charge in [0.1, 0.15) is 22.9 Å². The van der Waals surface area contributed by atoms with Crippen molar-refractivity contribution in [2.75, 3.05) is 20.1 Å². The van der Waals surface area contributed by atoms with E-state index >= 15 is 4.39 Å². The molecule has 5 nitrogen and oxygen atoms in total. The molecule has 0 aliphatic carbocycles. The first-order valence-electron chi connectivity index (χ1n) is 12.8. The molecule has 1 atom stereocenters. The smallest absolute Gasteiger partial charge is 0.410 e. The fourth-order valence-electron chi connectivity index (χ4n) is 4.56. The minimum Gasteiger partial charge on any atom is -0.496 e. The Labute approximate surface area is 209 Å². The van der Waals surface area contributed by atoms with Gasteiger partial charge in [0.05, 0.1) is 16.7 Å². The molecule has 4 rings (SSSR count). The van der Waals surface area contributed by atoms with Crippen molar-refractivity contribution in [1.82, 2.24) is 4.90 Å². The minimum atomic E-state index is -2.72. The SMILES string of the molecule is [2H]C([2H])([2H])Oc1cc(Cl)ccc1C1(C)C=C(F)c2cccc(C3CCN(C(=O)OC(C)(C)C)CC3)c2O1. The fraction of sp³-hybridized carbons (Fsp3) is 0.444. The summed E-state index contributed by atoms with van der Waals surface area (Å²) in [6.45, 7) is 8.17. The third-order valence-corrected chi connectivity index (χ3v) is 6.43. The van der Waals surface area contributed by atoms with E-state index in [0.717, 1.165) is 5.56 Å². The standard InChI is InChI=1S/C27H31ClFNO4/c1-26(2,3)34-25(31)30-13-11-17(12-14-30)19-7-6-8-20-22(29)16-27(4,33-24(19)20)21-10-9-18(28)15-23(21)32-5/h6-10,15-17H,11-14H2,1-5H3/i5D3. The Morgan fingerprint density at radius 2 is 2.00 bits per heavy atom. The predicted octanol–water partition coefficient (Wildman–Crippen LogP) is 7.08. The zero-order chi connectivity index (χ0) is 27.2. The highest BCUT2D eigenvalue weighted by Gasteiger charge is 2.38. The average Bonchev–Trinajstić information content (AvgIpc) is 2.76. The molecule has 182 valence electrons. The van der Waals surface area contributed by atoms with E-state index in [-0.39, 0.29) is 22.8 Å². The predicted molar refractivity (Wildman–Crippen MR) is 131 cm³/mol. The number of rotatable bonds is 3. The molecule has 2 aliphatic rings. The second-order valence-corrected chi connectivity index (χ2v) is 10.3. The lowest BCUT2D eigenvalue weighted by molar-refractivity contribution is 0.0204. The van der Waals surface area contributed by atoms with Gasteiger partial charge in [-0.15, -0.1) is 0 Å². The summed E-state index contributed by atoms with van der Waals surface area (Å²) in [4.78, 5) is 14.2. The van der Waals surface area contributed by atoms with Gasteiger partial charge in [0.2, 0.25) is 0 Å². The zero-order valence-electron chi connectivity index (χ0n) is 22.8. The molecule has 0 radical (unpaired) electrons. The third kappa shape index (κ3) is 4.88. The molecule has 0 saturated carbocycles. The second-order valence-electron chi connectivity index (χ2n) is 9.91. The number of carbonyl (C=O) groups excluding carboxylic acids is 1. The second kappa shape index (κ2) is 9.14. The van der Waals surface area contributed by atoms with E-state index < -0.39 is 24.1 Å². The van der Waals surface area contributed by atoms with Gasteiger partial charge in [0.25, 0.3) is 0 Å². The van der Waals surface area contributed by atoms with Crippen LogP contribution in [0.25, 0.3) is 5.83 Å². The van der Waals surface area contributed by atoms with E-state index in [1.54, 1.807) is 36.1 Å². The first-order valence-corrected chi connectivity index (χ1v) is 11.7. The summed E-state index contributed by atoms with van der Waals surface area (Å²) in [7, 11) is -2.72. The number of halogens is 2. The largest absolute Gasteiger partial charge is 0.496 e. The number of likely N-dealkylation sites (tertiary alicyclic amines) is 1. The quantitative estimate of drug-likeness (QED) is 0.461. The maximum Gasteiger partial charge on any atom is 0.410 e. The Kier molecular flexibility index (Phi) is 5.54. The lowest BCUT2D eigenvalue weighted by Gasteiger charge is -2.37. The van der Waals surface area contributed by atoms with Gasteiger partial charge in [-0.25, -0.2) is 9.18 Å². The van der Waals surface area contributed by atoms with E-state index in [1.807, 2.05) is 26.8 Å². The van der Waals surface area contributed by atoms with Crippen LogP contribution in [0.15, 0.2) is 42.5 Å². The van der Waals surface area contributed by atoms with Crippen molar-refractivity contribution in [3.63, 3.8) is 0 Å². The highest BCUT2D eigenvalue weighted by Crippen LogP contribution is 2.48. The summed E-state index contributed by atoms with van der Waals surface area (Å²) < 4.78 is 55.3. The van der Waals surface area contributed by atoms with Crippen molar-refractivity contribution in [1.29, 1.82) is 0 Å². The molecule has 2 heterocycles. The Bertz CT molecular complexity index is 1220. The Balaban J connectivity index is 1.63. The Hall–Kier alpha value is -2.73. The topological polar surface area (TPSA) is 48.0 Å². The molecule has 1 fully saturated rings. The van der Waals surface area contributed by atoms with Crippen molar-refractivity contribution < 1.29 is 27.5 Å². The monoisotopic (exact) mass is 490 g/mol. The van der Waals surface area contributed by atoms with Crippen molar-refractivity contribution >= 4 is 23.5 Å². The molecule has 2 aromatic rings. The molecule has 0 N–H and O–H groups in total.